The largest absolute Gasteiger partial charge is 0.351 e. The van der Waals surface area contributed by atoms with E-state index in [-0.39, 0.29) is 18.3 Å². The Bertz CT molecular complexity index is 507. The van der Waals surface area contributed by atoms with Crippen molar-refractivity contribution in [2.24, 2.45) is 0 Å². The third kappa shape index (κ3) is 3.30. The van der Waals surface area contributed by atoms with Crippen molar-refractivity contribution in [3.63, 3.8) is 0 Å². The van der Waals surface area contributed by atoms with Crippen LogP contribution in [0.3, 0.4) is 0 Å². The average molecular weight is 328 g/mol. The zero-order chi connectivity index (χ0) is 15.0. The Morgan fingerprint density at radius 3 is 2.68 bits per heavy atom. The predicted molar refractivity (Wildman–Crippen MR) is 87.5 cm³/mol. The van der Waals surface area contributed by atoms with Gasteiger partial charge in [-0.3, -0.25) is 4.79 Å². The Balaban J connectivity index is 0.00000176. The molecule has 0 aromatic carbocycles. The fraction of sp³-hybridized carbons (Fsp3) is 0.750. The molecule has 22 heavy (non-hydrogen) atoms. The summed E-state index contributed by atoms with van der Waals surface area (Å²) in [6.45, 7) is 4.21. The second kappa shape index (κ2) is 7.01. The molecule has 1 aromatic rings. The van der Waals surface area contributed by atoms with E-state index in [0.717, 1.165) is 25.0 Å². The van der Waals surface area contributed by atoms with Gasteiger partial charge in [0.2, 0.25) is 5.76 Å². The molecule has 124 valence electrons. The highest BCUT2D eigenvalue weighted by atomic mass is 35.5. The quantitative estimate of drug-likeness (QED) is 0.923. The van der Waals surface area contributed by atoms with Crippen LogP contribution in [0.4, 0.5) is 0 Å². The molecule has 1 amide bonds. The molecule has 0 aliphatic carbocycles. The first-order chi connectivity index (χ1) is 10.1. The predicted octanol–water partition coefficient (Wildman–Crippen LogP) is 2.96. The normalized spacial score (nSPS) is 28.0. The minimum atomic E-state index is -0.0386. The highest BCUT2D eigenvalue weighted by Gasteiger charge is 2.37. The van der Waals surface area contributed by atoms with Crippen LogP contribution in [0.5, 0.6) is 0 Å². The van der Waals surface area contributed by atoms with Gasteiger partial charge in [0.15, 0.2) is 0 Å². The van der Waals surface area contributed by atoms with Gasteiger partial charge >= 0.3 is 0 Å². The van der Waals surface area contributed by atoms with E-state index in [9.17, 15) is 4.79 Å². The number of carbonyl (C=O) groups is 1. The van der Waals surface area contributed by atoms with Gasteiger partial charge in [-0.2, -0.15) is 0 Å². The molecule has 1 aromatic heterocycles. The first-order valence-electron chi connectivity index (χ1n) is 8.08. The number of aromatic nitrogens is 1. The number of nitrogens with one attached hydrogen (secondary N) is 1. The van der Waals surface area contributed by atoms with E-state index in [4.69, 9.17) is 4.52 Å². The molecule has 3 unspecified atom stereocenters. The lowest BCUT2D eigenvalue weighted by atomic mass is 9.98. The van der Waals surface area contributed by atoms with Crippen LogP contribution in [0, 0.1) is 0 Å². The highest BCUT2D eigenvalue weighted by molar-refractivity contribution is 5.91. The SMILES string of the molecule is CCC(C)c1cc(C(=O)N(C)C2CC3CCC(C2)N3)on1.Cl. The highest BCUT2D eigenvalue weighted by Crippen LogP contribution is 2.30. The van der Waals surface area contributed by atoms with Crippen LogP contribution in [0.2, 0.25) is 0 Å². The smallest absolute Gasteiger partial charge is 0.292 e. The van der Waals surface area contributed by atoms with Crippen LogP contribution in [0.15, 0.2) is 10.6 Å². The summed E-state index contributed by atoms with van der Waals surface area (Å²) in [5, 5.41) is 7.65. The molecule has 2 aliphatic rings. The summed E-state index contributed by atoms with van der Waals surface area (Å²) < 4.78 is 5.27. The maximum atomic E-state index is 12.6. The molecule has 6 heteroatoms. The Hall–Kier alpha value is -1.07. The van der Waals surface area contributed by atoms with Gasteiger partial charge in [-0.25, -0.2) is 0 Å². The minimum Gasteiger partial charge on any atom is -0.351 e. The number of carbonyl (C=O) groups excluding carboxylic acids is 1. The second-order valence-electron chi connectivity index (χ2n) is 6.60. The van der Waals surface area contributed by atoms with Crippen molar-refractivity contribution < 1.29 is 9.32 Å². The standard InChI is InChI=1S/C16H25N3O2.ClH/c1-4-10(2)14-9-15(21-18-14)16(20)19(3)13-7-11-5-6-12(8-13)17-11;/h9-13,17H,4-8H2,1-3H3;1H. The summed E-state index contributed by atoms with van der Waals surface area (Å²) in [6, 6.07) is 3.28. The maximum Gasteiger partial charge on any atom is 0.292 e. The van der Waals surface area contributed by atoms with Gasteiger partial charge in [-0.1, -0.05) is 19.0 Å². The first-order valence-corrected chi connectivity index (χ1v) is 8.08. The van der Waals surface area contributed by atoms with Crippen molar-refractivity contribution in [3.05, 3.63) is 17.5 Å². The zero-order valence-corrected chi connectivity index (χ0v) is 14.4. The molecule has 2 aliphatic heterocycles. The number of halogens is 1. The Kier molecular flexibility index (Phi) is 5.50. The number of rotatable bonds is 4. The number of hydrogen-bond acceptors (Lipinski definition) is 4. The Labute approximate surface area is 138 Å². The van der Waals surface area contributed by atoms with Crippen LogP contribution in [0.1, 0.15) is 68.1 Å². The lowest BCUT2D eigenvalue weighted by Gasteiger charge is -2.35. The molecular formula is C16H26ClN3O2. The number of piperidine rings is 1. The van der Waals surface area contributed by atoms with Crippen molar-refractivity contribution in [1.29, 1.82) is 0 Å². The van der Waals surface area contributed by atoms with Crippen LogP contribution in [-0.2, 0) is 0 Å². The molecule has 2 bridgehead atoms. The third-order valence-corrected chi connectivity index (χ3v) is 5.17. The summed E-state index contributed by atoms with van der Waals surface area (Å²) in [7, 11) is 1.89. The molecule has 2 saturated heterocycles. The van der Waals surface area contributed by atoms with Crippen molar-refractivity contribution in [2.75, 3.05) is 7.05 Å². The molecule has 3 heterocycles. The summed E-state index contributed by atoms with van der Waals surface area (Å²) >= 11 is 0. The van der Waals surface area contributed by atoms with Gasteiger partial charge in [0.25, 0.3) is 5.91 Å². The molecule has 0 radical (unpaired) electrons. The molecule has 1 N–H and O–H groups in total. The second-order valence-corrected chi connectivity index (χ2v) is 6.60. The van der Waals surface area contributed by atoms with E-state index >= 15 is 0 Å². The molecule has 2 fully saturated rings. The van der Waals surface area contributed by atoms with Gasteiger partial charge in [-0.05, 0) is 32.1 Å². The van der Waals surface area contributed by atoms with E-state index in [1.165, 1.54) is 12.8 Å². The van der Waals surface area contributed by atoms with Crippen molar-refractivity contribution >= 4 is 18.3 Å². The number of nitrogens with zero attached hydrogens (tertiary/aromatic N) is 2. The van der Waals surface area contributed by atoms with Crippen molar-refractivity contribution in [3.8, 4) is 0 Å². The maximum absolute atomic E-state index is 12.6. The third-order valence-electron chi connectivity index (χ3n) is 5.17. The van der Waals surface area contributed by atoms with Crippen LogP contribution in [-0.4, -0.2) is 41.1 Å². The number of fused-ring (bicyclic) bond motifs is 2. The molecule has 0 spiro atoms. The van der Waals surface area contributed by atoms with Crippen molar-refractivity contribution in [1.82, 2.24) is 15.4 Å². The Morgan fingerprint density at radius 2 is 2.09 bits per heavy atom. The number of amides is 1. The van der Waals surface area contributed by atoms with E-state index in [1.807, 2.05) is 18.0 Å². The molecule has 5 nitrogen and oxygen atoms in total. The summed E-state index contributed by atoms with van der Waals surface area (Å²) in [5.41, 5.74) is 0.875. The first kappa shape index (κ1) is 17.3. The summed E-state index contributed by atoms with van der Waals surface area (Å²) in [6.07, 6.45) is 5.57. The molecule has 3 atom stereocenters. The van der Waals surface area contributed by atoms with Crippen LogP contribution < -0.4 is 5.32 Å². The summed E-state index contributed by atoms with van der Waals surface area (Å²) in [5.74, 6) is 0.664. The Morgan fingerprint density at radius 1 is 1.45 bits per heavy atom. The molecular weight excluding hydrogens is 302 g/mol. The number of hydrogen-bond donors (Lipinski definition) is 1. The van der Waals surface area contributed by atoms with E-state index < -0.39 is 0 Å². The average Bonchev–Trinajstić information content (AvgIpc) is 3.11. The summed E-state index contributed by atoms with van der Waals surface area (Å²) in [4.78, 5) is 14.4. The van der Waals surface area contributed by atoms with Gasteiger partial charge in [0.1, 0.15) is 0 Å². The van der Waals surface area contributed by atoms with Crippen LogP contribution >= 0.6 is 12.4 Å². The monoisotopic (exact) mass is 327 g/mol. The zero-order valence-electron chi connectivity index (χ0n) is 13.5. The van der Waals surface area contributed by atoms with E-state index in [1.54, 1.807) is 0 Å². The lowest BCUT2D eigenvalue weighted by Crippen LogP contribution is -2.48. The van der Waals surface area contributed by atoms with E-state index in [0.29, 0.717) is 29.8 Å². The fourth-order valence-corrected chi connectivity index (χ4v) is 3.51. The van der Waals surface area contributed by atoms with Gasteiger partial charge in [-0.15, -0.1) is 12.4 Å². The minimum absolute atomic E-state index is 0. The van der Waals surface area contributed by atoms with Gasteiger partial charge in [0, 0.05) is 37.2 Å². The lowest BCUT2D eigenvalue weighted by molar-refractivity contribution is 0.0640. The van der Waals surface area contributed by atoms with Gasteiger partial charge < -0.3 is 14.7 Å². The fourth-order valence-electron chi connectivity index (χ4n) is 3.51. The molecule has 3 rings (SSSR count). The van der Waals surface area contributed by atoms with Gasteiger partial charge in [0.05, 0.1) is 5.69 Å². The molecule has 0 saturated carbocycles. The van der Waals surface area contributed by atoms with Crippen molar-refractivity contribution in [2.45, 2.75) is 70.0 Å². The van der Waals surface area contributed by atoms with E-state index in [2.05, 4.69) is 24.3 Å². The topological polar surface area (TPSA) is 58.4 Å². The van der Waals surface area contributed by atoms with Crippen LogP contribution in [0.25, 0.3) is 0 Å².